The molecule has 0 atom stereocenters. The van der Waals surface area contributed by atoms with Crippen LogP contribution in [0, 0.1) is 5.82 Å². The van der Waals surface area contributed by atoms with Gasteiger partial charge in [-0.15, -0.1) is 0 Å². The number of ether oxygens (including phenoxy) is 1. The number of hydrogen-bond donors (Lipinski definition) is 1. The van der Waals surface area contributed by atoms with Crippen LogP contribution in [0.4, 0.5) is 15.8 Å². The smallest absolute Gasteiger partial charge is 0.224 e. The predicted molar refractivity (Wildman–Crippen MR) is 103 cm³/mol. The van der Waals surface area contributed by atoms with Crippen LogP contribution in [0.25, 0.3) is 0 Å². The molecule has 3 rings (SSSR count). The standard InChI is InChI=1S/C21H23FN2O3/c22-17-9-7-16(8-10-17)20(25)5-2-6-21(26)23-18-3-1-4-19(15-18)24-11-13-27-14-12-24/h1,3-4,7-10,15H,2,5-6,11-14H2,(H,23,26). The van der Waals surface area contributed by atoms with Gasteiger partial charge in [0.15, 0.2) is 5.78 Å². The number of carbonyl (C=O) groups excluding carboxylic acids is 2. The van der Waals surface area contributed by atoms with Gasteiger partial charge in [0.1, 0.15) is 5.82 Å². The number of carbonyl (C=O) groups is 2. The van der Waals surface area contributed by atoms with Gasteiger partial charge in [-0.05, 0) is 48.9 Å². The Bertz CT molecular complexity index is 786. The molecule has 5 nitrogen and oxygen atoms in total. The summed E-state index contributed by atoms with van der Waals surface area (Å²) < 4.78 is 18.2. The van der Waals surface area contributed by atoms with Gasteiger partial charge < -0.3 is 15.0 Å². The third-order valence-electron chi connectivity index (χ3n) is 4.48. The Labute approximate surface area is 158 Å². The zero-order chi connectivity index (χ0) is 19.1. The minimum atomic E-state index is -0.370. The molecule has 0 radical (unpaired) electrons. The highest BCUT2D eigenvalue weighted by molar-refractivity contribution is 5.96. The molecule has 0 aromatic heterocycles. The van der Waals surface area contributed by atoms with Crippen LogP contribution in [-0.2, 0) is 9.53 Å². The molecule has 1 fully saturated rings. The fourth-order valence-corrected chi connectivity index (χ4v) is 3.02. The van der Waals surface area contributed by atoms with Gasteiger partial charge in [0.05, 0.1) is 13.2 Å². The first-order valence-electron chi connectivity index (χ1n) is 9.13. The lowest BCUT2D eigenvalue weighted by atomic mass is 10.1. The molecule has 1 saturated heterocycles. The number of anilines is 2. The van der Waals surface area contributed by atoms with Crippen LogP contribution < -0.4 is 10.2 Å². The Kier molecular flexibility index (Phi) is 6.54. The monoisotopic (exact) mass is 370 g/mol. The molecule has 1 heterocycles. The van der Waals surface area contributed by atoms with E-state index in [1.807, 2.05) is 24.3 Å². The van der Waals surface area contributed by atoms with Crippen LogP contribution >= 0.6 is 0 Å². The van der Waals surface area contributed by atoms with Crippen molar-refractivity contribution in [2.24, 2.45) is 0 Å². The maximum Gasteiger partial charge on any atom is 0.224 e. The second-order valence-corrected chi connectivity index (χ2v) is 6.48. The van der Waals surface area contributed by atoms with E-state index in [4.69, 9.17) is 4.74 Å². The molecule has 2 aromatic rings. The van der Waals surface area contributed by atoms with Gasteiger partial charge in [0.25, 0.3) is 0 Å². The highest BCUT2D eigenvalue weighted by atomic mass is 19.1. The summed E-state index contributed by atoms with van der Waals surface area (Å²) in [5.74, 6) is -0.580. The van der Waals surface area contributed by atoms with Crippen LogP contribution in [0.5, 0.6) is 0 Å². The number of morpholine rings is 1. The molecular weight excluding hydrogens is 347 g/mol. The van der Waals surface area contributed by atoms with Crippen molar-refractivity contribution in [1.82, 2.24) is 0 Å². The zero-order valence-corrected chi connectivity index (χ0v) is 15.1. The molecule has 2 aromatic carbocycles. The van der Waals surface area contributed by atoms with Gasteiger partial charge in [0, 0.05) is 42.9 Å². The topological polar surface area (TPSA) is 58.6 Å². The normalized spacial score (nSPS) is 14.0. The van der Waals surface area contributed by atoms with E-state index in [-0.39, 0.29) is 30.3 Å². The predicted octanol–water partition coefficient (Wildman–Crippen LogP) is 3.65. The second-order valence-electron chi connectivity index (χ2n) is 6.48. The summed E-state index contributed by atoms with van der Waals surface area (Å²) in [5.41, 5.74) is 2.27. The first-order chi connectivity index (χ1) is 13.1. The van der Waals surface area contributed by atoms with E-state index in [9.17, 15) is 14.0 Å². The minimum Gasteiger partial charge on any atom is -0.378 e. The van der Waals surface area contributed by atoms with Gasteiger partial charge in [-0.1, -0.05) is 6.07 Å². The number of rotatable bonds is 7. The molecule has 0 saturated carbocycles. The molecule has 0 unspecified atom stereocenters. The number of nitrogens with one attached hydrogen (secondary N) is 1. The Morgan fingerprint density at radius 1 is 1.04 bits per heavy atom. The molecule has 0 bridgehead atoms. The third kappa shape index (κ3) is 5.62. The molecule has 1 aliphatic rings. The first kappa shape index (κ1) is 19.0. The van der Waals surface area contributed by atoms with Crippen LogP contribution in [-0.4, -0.2) is 38.0 Å². The van der Waals surface area contributed by atoms with Crippen LogP contribution in [0.2, 0.25) is 0 Å². The molecule has 142 valence electrons. The van der Waals surface area contributed by atoms with E-state index < -0.39 is 0 Å². The second kappa shape index (κ2) is 9.28. The first-order valence-corrected chi connectivity index (χ1v) is 9.13. The van der Waals surface area contributed by atoms with E-state index in [1.54, 1.807) is 0 Å². The Hall–Kier alpha value is -2.73. The minimum absolute atomic E-state index is 0.0860. The van der Waals surface area contributed by atoms with Gasteiger partial charge in [-0.2, -0.15) is 0 Å². The highest BCUT2D eigenvalue weighted by Crippen LogP contribution is 2.21. The fourth-order valence-electron chi connectivity index (χ4n) is 3.02. The van der Waals surface area contributed by atoms with E-state index in [0.717, 1.165) is 24.5 Å². The van der Waals surface area contributed by atoms with Crippen molar-refractivity contribution in [1.29, 1.82) is 0 Å². The van der Waals surface area contributed by atoms with Gasteiger partial charge in [-0.3, -0.25) is 9.59 Å². The molecule has 0 spiro atoms. The summed E-state index contributed by atoms with van der Waals surface area (Å²) in [6.07, 6.45) is 0.965. The average Bonchev–Trinajstić information content (AvgIpc) is 2.69. The van der Waals surface area contributed by atoms with E-state index in [2.05, 4.69) is 10.2 Å². The summed E-state index contributed by atoms with van der Waals surface area (Å²) >= 11 is 0. The molecule has 1 N–H and O–H groups in total. The summed E-state index contributed by atoms with van der Waals surface area (Å²) in [5, 5.41) is 2.88. The molecule has 1 amide bonds. The largest absolute Gasteiger partial charge is 0.378 e. The quantitative estimate of drug-likeness (QED) is 0.756. The van der Waals surface area contributed by atoms with E-state index in [1.165, 1.54) is 24.3 Å². The van der Waals surface area contributed by atoms with Crippen LogP contribution in [0.15, 0.2) is 48.5 Å². The summed E-state index contributed by atoms with van der Waals surface area (Å²) in [4.78, 5) is 26.4. The number of halogens is 1. The Morgan fingerprint density at radius 2 is 1.78 bits per heavy atom. The molecule has 1 aliphatic heterocycles. The third-order valence-corrected chi connectivity index (χ3v) is 4.48. The Balaban J connectivity index is 1.46. The molecule has 6 heteroatoms. The van der Waals surface area contributed by atoms with Gasteiger partial charge in [0.2, 0.25) is 5.91 Å². The molecule has 0 aliphatic carbocycles. The zero-order valence-electron chi connectivity index (χ0n) is 15.1. The van der Waals surface area contributed by atoms with Crippen molar-refractivity contribution in [2.75, 3.05) is 36.5 Å². The van der Waals surface area contributed by atoms with Crippen molar-refractivity contribution in [3.63, 3.8) is 0 Å². The number of nitrogens with zero attached hydrogens (tertiary/aromatic N) is 1. The van der Waals surface area contributed by atoms with Crippen molar-refractivity contribution >= 4 is 23.1 Å². The molecular formula is C21H23FN2O3. The van der Waals surface area contributed by atoms with Crippen molar-refractivity contribution in [2.45, 2.75) is 19.3 Å². The van der Waals surface area contributed by atoms with Crippen LogP contribution in [0.1, 0.15) is 29.6 Å². The summed E-state index contributed by atoms with van der Waals surface area (Å²) in [6, 6.07) is 13.2. The average molecular weight is 370 g/mol. The summed E-state index contributed by atoms with van der Waals surface area (Å²) in [7, 11) is 0. The summed E-state index contributed by atoms with van der Waals surface area (Å²) in [6.45, 7) is 3.09. The lowest BCUT2D eigenvalue weighted by Crippen LogP contribution is -2.36. The van der Waals surface area contributed by atoms with E-state index in [0.29, 0.717) is 25.2 Å². The van der Waals surface area contributed by atoms with Gasteiger partial charge >= 0.3 is 0 Å². The van der Waals surface area contributed by atoms with Crippen molar-refractivity contribution < 1.29 is 18.7 Å². The number of benzene rings is 2. The Morgan fingerprint density at radius 3 is 2.52 bits per heavy atom. The number of ketones is 1. The number of Topliss-reactive ketones (excluding diaryl/α,β-unsaturated/α-hetero) is 1. The van der Waals surface area contributed by atoms with Gasteiger partial charge in [-0.25, -0.2) is 4.39 Å². The van der Waals surface area contributed by atoms with E-state index >= 15 is 0 Å². The molecule has 27 heavy (non-hydrogen) atoms. The van der Waals surface area contributed by atoms with Crippen LogP contribution in [0.3, 0.4) is 0 Å². The maximum atomic E-state index is 12.9. The number of hydrogen-bond acceptors (Lipinski definition) is 4. The lowest BCUT2D eigenvalue weighted by Gasteiger charge is -2.29. The van der Waals surface area contributed by atoms with Crippen molar-refractivity contribution in [3.05, 3.63) is 59.9 Å². The highest BCUT2D eigenvalue weighted by Gasteiger charge is 2.12. The SMILES string of the molecule is O=C(CCCC(=O)c1ccc(F)cc1)Nc1cccc(N2CCOCC2)c1. The van der Waals surface area contributed by atoms with Crippen molar-refractivity contribution in [3.8, 4) is 0 Å². The fraction of sp³-hybridized carbons (Fsp3) is 0.333. The number of amides is 1. The maximum absolute atomic E-state index is 12.9. The lowest BCUT2D eigenvalue weighted by molar-refractivity contribution is -0.116.